The molecule has 1 fully saturated rings. The Morgan fingerprint density at radius 3 is 3.00 bits per heavy atom. The first-order valence-corrected chi connectivity index (χ1v) is 6.82. The van der Waals surface area contributed by atoms with Gasteiger partial charge in [0.05, 0.1) is 7.11 Å². The van der Waals surface area contributed by atoms with Crippen molar-refractivity contribution in [3.05, 3.63) is 23.9 Å². The molecule has 0 amide bonds. The smallest absolute Gasteiger partial charge is 0.341 e. The van der Waals surface area contributed by atoms with Crippen LogP contribution in [-0.2, 0) is 4.74 Å². The number of ether oxygens (including phenoxy) is 1. The summed E-state index contributed by atoms with van der Waals surface area (Å²) >= 11 is 0. The molecule has 1 heterocycles. The number of pyridine rings is 1. The highest BCUT2D eigenvalue weighted by Gasteiger charge is 2.28. The van der Waals surface area contributed by atoms with Gasteiger partial charge in [-0.15, -0.1) is 0 Å². The van der Waals surface area contributed by atoms with Crippen LogP contribution in [0.25, 0.3) is 0 Å². The number of hydrogen-bond acceptors (Lipinski definition) is 4. The topological polar surface area (TPSA) is 51.2 Å². The molecule has 1 aromatic heterocycles. The highest BCUT2D eigenvalue weighted by Crippen LogP contribution is 2.36. The number of nitrogens with zero attached hydrogens (tertiary/aromatic N) is 1. The fourth-order valence-corrected chi connectivity index (χ4v) is 2.81. The third kappa shape index (κ3) is 3.46. The van der Waals surface area contributed by atoms with Crippen LogP contribution in [0.3, 0.4) is 0 Å². The first kappa shape index (κ1) is 13.8. The molecule has 19 heavy (non-hydrogen) atoms. The highest BCUT2D eigenvalue weighted by atomic mass is 16.5. The van der Waals surface area contributed by atoms with E-state index in [1.165, 1.54) is 20.0 Å². The number of carbonyl (C=O) groups is 1. The van der Waals surface area contributed by atoms with Gasteiger partial charge in [0, 0.05) is 12.2 Å². The molecule has 1 unspecified atom stereocenters. The summed E-state index contributed by atoms with van der Waals surface area (Å²) in [7, 11) is 1.39. The van der Waals surface area contributed by atoms with Gasteiger partial charge >= 0.3 is 5.97 Å². The van der Waals surface area contributed by atoms with E-state index in [4.69, 9.17) is 4.74 Å². The molecule has 0 aliphatic heterocycles. The molecule has 0 bridgehead atoms. The van der Waals surface area contributed by atoms with Crippen LogP contribution >= 0.6 is 0 Å². The van der Waals surface area contributed by atoms with Crippen LogP contribution in [-0.4, -0.2) is 24.1 Å². The maximum Gasteiger partial charge on any atom is 0.341 e. The number of methoxy groups -OCH3 is 1. The third-order valence-electron chi connectivity index (χ3n) is 3.76. The average Bonchev–Trinajstić information content (AvgIpc) is 2.37. The van der Waals surface area contributed by atoms with Crippen molar-refractivity contribution in [2.75, 3.05) is 12.4 Å². The van der Waals surface area contributed by atoms with Crippen LogP contribution in [0.5, 0.6) is 0 Å². The third-order valence-corrected chi connectivity index (χ3v) is 3.76. The van der Waals surface area contributed by atoms with Gasteiger partial charge in [-0.3, -0.25) is 0 Å². The summed E-state index contributed by atoms with van der Waals surface area (Å²) in [6.07, 6.45) is 6.40. The SMILES string of the molecule is COC(=O)c1cccnc1NC1CCCC(C)(C)C1. The van der Waals surface area contributed by atoms with Crippen LogP contribution in [0.1, 0.15) is 49.9 Å². The van der Waals surface area contributed by atoms with Gasteiger partial charge in [0.1, 0.15) is 11.4 Å². The van der Waals surface area contributed by atoms with Crippen LogP contribution in [0.2, 0.25) is 0 Å². The van der Waals surface area contributed by atoms with Crippen molar-refractivity contribution in [2.24, 2.45) is 5.41 Å². The van der Waals surface area contributed by atoms with Crippen LogP contribution in [0.4, 0.5) is 5.82 Å². The van der Waals surface area contributed by atoms with E-state index in [1.54, 1.807) is 18.3 Å². The number of aromatic nitrogens is 1. The van der Waals surface area contributed by atoms with E-state index in [0.29, 0.717) is 22.8 Å². The Hall–Kier alpha value is -1.58. The van der Waals surface area contributed by atoms with Crippen LogP contribution < -0.4 is 5.32 Å². The Bertz CT molecular complexity index is 457. The minimum absolute atomic E-state index is 0.342. The van der Waals surface area contributed by atoms with E-state index in [0.717, 1.165) is 12.8 Å². The zero-order valence-corrected chi connectivity index (χ0v) is 11.9. The van der Waals surface area contributed by atoms with Crippen molar-refractivity contribution in [1.29, 1.82) is 0 Å². The standard InChI is InChI=1S/C15H22N2O2/c1-15(2)8-4-6-11(10-15)17-13-12(14(18)19-3)7-5-9-16-13/h5,7,9,11H,4,6,8,10H2,1-3H3,(H,16,17). The van der Waals surface area contributed by atoms with Crippen LogP contribution in [0, 0.1) is 5.41 Å². The Morgan fingerprint density at radius 2 is 2.32 bits per heavy atom. The normalized spacial score (nSPS) is 21.7. The Morgan fingerprint density at radius 1 is 1.53 bits per heavy atom. The van der Waals surface area contributed by atoms with Gasteiger partial charge in [0.2, 0.25) is 0 Å². The lowest BCUT2D eigenvalue weighted by atomic mass is 9.75. The summed E-state index contributed by atoms with van der Waals surface area (Å²) in [6.45, 7) is 4.58. The molecule has 0 spiro atoms. The van der Waals surface area contributed by atoms with E-state index in [2.05, 4.69) is 24.1 Å². The number of hydrogen-bond donors (Lipinski definition) is 1. The van der Waals surface area contributed by atoms with Crippen molar-refractivity contribution in [2.45, 2.75) is 45.6 Å². The molecule has 1 aromatic rings. The number of carbonyl (C=O) groups excluding carboxylic acids is 1. The zero-order valence-electron chi connectivity index (χ0n) is 11.9. The highest BCUT2D eigenvalue weighted by molar-refractivity contribution is 5.94. The number of rotatable bonds is 3. The van der Waals surface area contributed by atoms with E-state index in [1.807, 2.05) is 0 Å². The van der Waals surface area contributed by atoms with Crippen molar-refractivity contribution in [3.63, 3.8) is 0 Å². The predicted octanol–water partition coefficient (Wildman–Crippen LogP) is 3.25. The second-order valence-corrected chi connectivity index (χ2v) is 5.99. The van der Waals surface area contributed by atoms with E-state index >= 15 is 0 Å². The lowest BCUT2D eigenvalue weighted by Crippen LogP contribution is -2.32. The molecule has 1 saturated carbocycles. The Balaban J connectivity index is 2.13. The van der Waals surface area contributed by atoms with Crippen molar-refractivity contribution in [1.82, 2.24) is 4.98 Å². The van der Waals surface area contributed by atoms with Crippen molar-refractivity contribution in [3.8, 4) is 0 Å². The summed E-state index contributed by atoms with van der Waals surface area (Å²) in [5.41, 5.74) is 0.865. The molecule has 1 aliphatic rings. The molecule has 0 saturated heterocycles. The van der Waals surface area contributed by atoms with E-state index in [-0.39, 0.29) is 5.97 Å². The van der Waals surface area contributed by atoms with Gasteiger partial charge in [0.25, 0.3) is 0 Å². The Labute approximate surface area is 114 Å². The maximum atomic E-state index is 11.7. The molecule has 1 aliphatic carbocycles. The molecule has 4 heteroatoms. The van der Waals surface area contributed by atoms with Gasteiger partial charge in [-0.1, -0.05) is 20.3 Å². The molecule has 0 aromatic carbocycles. The molecule has 1 N–H and O–H groups in total. The van der Waals surface area contributed by atoms with E-state index in [9.17, 15) is 4.79 Å². The second-order valence-electron chi connectivity index (χ2n) is 5.99. The van der Waals surface area contributed by atoms with Gasteiger partial charge in [-0.2, -0.15) is 0 Å². The lowest BCUT2D eigenvalue weighted by Gasteiger charge is -2.36. The minimum Gasteiger partial charge on any atom is -0.465 e. The summed E-state index contributed by atoms with van der Waals surface area (Å²) in [6, 6.07) is 3.87. The second kappa shape index (κ2) is 5.59. The Kier molecular flexibility index (Phi) is 4.08. The monoisotopic (exact) mass is 262 g/mol. The minimum atomic E-state index is -0.342. The fraction of sp³-hybridized carbons (Fsp3) is 0.600. The average molecular weight is 262 g/mol. The van der Waals surface area contributed by atoms with Gasteiger partial charge in [-0.05, 0) is 36.8 Å². The molecule has 104 valence electrons. The van der Waals surface area contributed by atoms with Crippen molar-refractivity contribution >= 4 is 11.8 Å². The zero-order chi connectivity index (χ0) is 13.9. The first-order valence-electron chi connectivity index (χ1n) is 6.82. The number of nitrogens with one attached hydrogen (secondary N) is 1. The quantitative estimate of drug-likeness (QED) is 0.850. The summed E-state index contributed by atoms with van der Waals surface area (Å²) in [5, 5.41) is 3.41. The molecule has 1 atom stereocenters. The number of anilines is 1. The lowest BCUT2D eigenvalue weighted by molar-refractivity contribution is 0.0601. The summed E-state index contributed by atoms with van der Waals surface area (Å²) in [4.78, 5) is 16.0. The van der Waals surface area contributed by atoms with Gasteiger partial charge in [0.15, 0.2) is 0 Å². The van der Waals surface area contributed by atoms with Gasteiger partial charge in [-0.25, -0.2) is 9.78 Å². The largest absolute Gasteiger partial charge is 0.465 e. The van der Waals surface area contributed by atoms with Crippen molar-refractivity contribution < 1.29 is 9.53 Å². The molecule has 2 rings (SSSR count). The molecular weight excluding hydrogens is 240 g/mol. The molecule has 0 radical (unpaired) electrons. The predicted molar refractivity (Wildman–Crippen MR) is 75.2 cm³/mol. The van der Waals surface area contributed by atoms with E-state index < -0.39 is 0 Å². The number of esters is 1. The summed E-state index contributed by atoms with van der Waals surface area (Å²) < 4.78 is 4.79. The van der Waals surface area contributed by atoms with Crippen LogP contribution in [0.15, 0.2) is 18.3 Å². The fourth-order valence-electron chi connectivity index (χ4n) is 2.81. The molecular formula is C15H22N2O2. The molecule has 4 nitrogen and oxygen atoms in total. The maximum absolute atomic E-state index is 11.7. The first-order chi connectivity index (χ1) is 9.02. The van der Waals surface area contributed by atoms with Gasteiger partial charge < -0.3 is 10.1 Å². The summed E-state index contributed by atoms with van der Waals surface area (Å²) in [5.74, 6) is 0.294.